The molecule has 0 saturated heterocycles. The molecule has 1 aromatic carbocycles. The van der Waals surface area contributed by atoms with Crippen LogP contribution in [-0.2, 0) is 12.8 Å². The number of carbonyl (C=O) groups excluding carboxylic acids is 1. The zero-order valence-corrected chi connectivity index (χ0v) is 13.7. The van der Waals surface area contributed by atoms with Crippen LogP contribution < -0.4 is 5.32 Å². The van der Waals surface area contributed by atoms with Gasteiger partial charge < -0.3 is 0 Å². The van der Waals surface area contributed by atoms with Gasteiger partial charge in [-0.15, -0.1) is 11.3 Å². The number of hydrogen-bond acceptors (Lipinski definition) is 5. The highest BCUT2D eigenvalue weighted by molar-refractivity contribution is 7.15. The molecule has 0 fully saturated rings. The number of carbonyl (C=O) groups is 1. The van der Waals surface area contributed by atoms with E-state index >= 15 is 0 Å². The number of hydrogen-bond donors (Lipinski definition) is 1. The summed E-state index contributed by atoms with van der Waals surface area (Å²) in [6.45, 7) is 0. The first-order valence-electron chi connectivity index (χ1n) is 7.28. The molecule has 2 aromatic rings. The highest BCUT2D eigenvalue weighted by atomic mass is 35.5. The Morgan fingerprint density at radius 2 is 2.09 bits per heavy atom. The third kappa shape index (κ3) is 3.51. The zero-order valence-electron chi connectivity index (χ0n) is 12.2. The first kappa shape index (κ1) is 15.9. The minimum Gasteiger partial charge on any atom is -0.298 e. The number of fused-ring (bicyclic) bond motifs is 1. The highest BCUT2D eigenvalue weighted by Gasteiger charge is 2.22. The number of benzene rings is 1. The maximum absolute atomic E-state index is 12.3. The van der Waals surface area contributed by atoms with Gasteiger partial charge in [-0.1, -0.05) is 18.0 Å². The summed E-state index contributed by atoms with van der Waals surface area (Å²) in [6, 6.07) is 3.99. The molecule has 0 aliphatic heterocycles. The first-order chi connectivity index (χ1) is 11.0. The molecule has 0 atom stereocenters. The number of nitrogens with zero attached hydrogens (tertiary/aromatic N) is 2. The fourth-order valence-corrected chi connectivity index (χ4v) is 3.81. The van der Waals surface area contributed by atoms with Gasteiger partial charge in [0.1, 0.15) is 5.56 Å². The number of aryl methyl sites for hydroxylation is 2. The standard InChI is InChI=1S/C15H14ClN3O3S/c16-9-6-7-10(12(8-9)19(21)22)14(20)18-15-17-11-4-2-1-3-5-13(11)23-15/h6-8H,1-5H2,(H,17,18,20). The minimum atomic E-state index is -0.613. The maximum atomic E-state index is 12.3. The van der Waals surface area contributed by atoms with Crippen LogP contribution in [0.2, 0.25) is 5.02 Å². The average Bonchev–Trinajstić information content (AvgIpc) is 2.75. The lowest BCUT2D eigenvalue weighted by Gasteiger charge is -2.03. The summed E-state index contributed by atoms with van der Waals surface area (Å²) in [7, 11) is 0. The Kier molecular flexibility index (Phi) is 4.58. The summed E-state index contributed by atoms with van der Waals surface area (Å²) < 4.78 is 0. The molecule has 0 bridgehead atoms. The van der Waals surface area contributed by atoms with E-state index in [2.05, 4.69) is 10.3 Å². The summed E-state index contributed by atoms with van der Waals surface area (Å²) in [5, 5.41) is 14.5. The molecule has 0 saturated carbocycles. The Hall–Kier alpha value is -1.99. The zero-order chi connectivity index (χ0) is 16.4. The molecule has 1 aliphatic carbocycles. The number of nitro benzene ring substituents is 1. The smallest absolute Gasteiger partial charge is 0.283 e. The monoisotopic (exact) mass is 351 g/mol. The van der Waals surface area contributed by atoms with Gasteiger partial charge in [-0.25, -0.2) is 4.98 Å². The molecule has 8 heteroatoms. The lowest BCUT2D eigenvalue weighted by Crippen LogP contribution is -2.13. The van der Waals surface area contributed by atoms with E-state index in [9.17, 15) is 14.9 Å². The molecule has 23 heavy (non-hydrogen) atoms. The van der Waals surface area contributed by atoms with Crippen molar-refractivity contribution in [1.82, 2.24) is 4.98 Å². The van der Waals surface area contributed by atoms with Gasteiger partial charge in [0.05, 0.1) is 10.6 Å². The summed E-state index contributed by atoms with van der Waals surface area (Å²) in [5.41, 5.74) is 0.700. The van der Waals surface area contributed by atoms with Gasteiger partial charge in [0, 0.05) is 16.0 Å². The number of nitro groups is 1. The third-order valence-corrected chi connectivity index (χ3v) is 5.03. The number of rotatable bonds is 3. The number of anilines is 1. The quantitative estimate of drug-likeness (QED) is 0.509. The molecule has 1 aromatic heterocycles. The van der Waals surface area contributed by atoms with E-state index in [0.29, 0.717) is 5.13 Å². The van der Waals surface area contributed by atoms with E-state index in [1.165, 1.54) is 40.8 Å². The van der Waals surface area contributed by atoms with Gasteiger partial charge in [0.15, 0.2) is 5.13 Å². The number of thiazole rings is 1. The molecule has 0 unspecified atom stereocenters. The molecule has 1 heterocycles. The van der Waals surface area contributed by atoms with Crippen molar-refractivity contribution in [1.29, 1.82) is 0 Å². The predicted octanol–water partition coefficient (Wildman–Crippen LogP) is 4.23. The van der Waals surface area contributed by atoms with Crippen LogP contribution in [0, 0.1) is 10.1 Å². The number of halogens is 1. The molecule has 6 nitrogen and oxygen atoms in total. The van der Waals surface area contributed by atoms with Crippen LogP contribution in [0.25, 0.3) is 0 Å². The number of amides is 1. The average molecular weight is 352 g/mol. The molecule has 0 radical (unpaired) electrons. The highest BCUT2D eigenvalue weighted by Crippen LogP contribution is 2.30. The molecule has 1 amide bonds. The van der Waals surface area contributed by atoms with Crippen LogP contribution in [0.4, 0.5) is 10.8 Å². The van der Waals surface area contributed by atoms with Gasteiger partial charge in [-0.2, -0.15) is 0 Å². The Labute approximate surface area is 141 Å². The summed E-state index contributed by atoms with van der Waals surface area (Å²) in [4.78, 5) is 28.5. The Morgan fingerprint density at radius 1 is 1.30 bits per heavy atom. The van der Waals surface area contributed by atoms with Crippen molar-refractivity contribution < 1.29 is 9.72 Å². The van der Waals surface area contributed by atoms with Crippen LogP contribution in [0.15, 0.2) is 18.2 Å². The largest absolute Gasteiger partial charge is 0.298 e. The fourth-order valence-electron chi connectivity index (χ4n) is 2.59. The topological polar surface area (TPSA) is 85.1 Å². The van der Waals surface area contributed by atoms with E-state index in [-0.39, 0.29) is 16.3 Å². The second-order valence-corrected chi connectivity index (χ2v) is 6.84. The predicted molar refractivity (Wildman–Crippen MR) is 89.4 cm³/mol. The van der Waals surface area contributed by atoms with Crippen LogP contribution in [0.3, 0.4) is 0 Å². The first-order valence-corrected chi connectivity index (χ1v) is 8.48. The van der Waals surface area contributed by atoms with E-state index in [4.69, 9.17) is 11.6 Å². The van der Waals surface area contributed by atoms with Crippen molar-refractivity contribution in [2.75, 3.05) is 5.32 Å². The fraction of sp³-hybridized carbons (Fsp3) is 0.333. The SMILES string of the molecule is O=C(Nc1nc2c(s1)CCCCC2)c1ccc(Cl)cc1[N+](=O)[O-]. The number of nitrogens with one attached hydrogen (secondary N) is 1. The van der Waals surface area contributed by atoms with Crippen molar-refractivity contribution in [3.05, 3.63) is 49.5 Å². The maximum Gasteiger partial charge on any atom is 0.283 e. The van der Waals surface area contributed by atoms with Crippen molar-refractivity contribution in [3.8, 4) is 0 Å². The van der Waals surface area contributed by atoms with E-state index in [0.717, 1.165) is 31.4 Å². The van der Waals surface area contributed by atoms with E-state index < -0.39 is 10.8 Å². The van der Waals surface area contributed by atoms with Crippen LogP contribution in [0.1, 0.15) is 40.2 Å². The lowest BCUT2D eigenvalue weighted by molar-refractivity contribution is -0.385. The second kappa shape index (κ2) is 6.64. The van der Waals surface area contributed by atoms with Gasteiger partial charge in [0.2, 0.25) is 0 Å². The van der Waals surface area contributed by atoms with Gasteiger partial charge in [-0.3, -0.25) is 20.2 Å². The Morgan fingerprint density at radius 3 is 2.87 bits per heavy atom. The molecule has 1 aliphatic rings. The van der Waals surface area contributed by atoms with Crippen molar-refractivity contribution >= 4 is 39.7 Å². The number of aromatic nitrogens is 1. The molecule has 0 spiro atoms. The molecule has 3 rings (SSSR count). The summed E-state index contributed by atoms with van der Waals surface area (Å²) in [6.07, 6.45) is 5.33. The van der Waals surface area contributed by atoms with Crippen molar-refractivity contribution in [3.63, 3.8) is 0 Å². The Balaban J connectivity index is 1.84. The lowest BCUT2D eigenvalue weighted by atomic mass is 10.1. The normalized spacial score (nSPS) is 14.0. The third-order valence-electron chi connectivity index (χ3n) is 3.72. The van der Waals surface area contributed by atoms with Gasteiger partial charge in [0.25, 0.3) is 11.6 Å². The van der Waals surface area contributed by atoms with E-state index in [1.807, 2.05) is 0 Å². The van der Waals surface area contributed by atoms with Gasteiger partial charge >= 0.3 is 0 Å². The molecule has 120 valence electrons. The second-order valence-electron chi connectivity index (χ2n) is 5.32. The van der Waals surface area contributed by atoms with Crippen LogP contribution in [-0.4, -0.2) is 15.8 Å². The summed E-state index contributed by atoms with van der Waals surface area (Å²) in [5.74, 6) is -0.544. The van der Waals surface area contributed by atoms with Crippen molar-refractivity contribution in [2.24, 2.45) is 0 Å². The van der Waals surface area contributed by atoms with Crippen LogP contribution in [0.5, 0.6) is 0 Å². The van der Waals surface area contributed by atoms with Crippen LogP contribution >= 0.6 is 22.9 Å². The van der Waals surface area contributed by atoms with E-state index in [1.54, 1.807) is 0 Å². The molecular formula is C15H14ClN3O3S. The molecular weight excluding hydrogens is 338 g/mol. The summed E-state index contributed by atoms with van der Waals surface area (Å²) >= 11 is 7.21. The van der Waals surface area contributed by atoms with Gasteiger partial charge in [-0.05, 0) is 37.8 Å². The van der Waals surface area contributed by atoms with Crippen molar-refractivity contribution in [2.45, 2.75) is 32.1 Å². The minimum absolute atomic E-state index is 0.0233. The Bertz CT molecular complexity index is 752. The molecule has 1 N–H and O–H groups in total.